The second-order valence-electron chi connectivity index (χ2n) is 5.60. The lowest BCUT2D eigenvalue weighted by atomic mass is 10.1. The van der Waals surface area contributed by atoms with E-state index in [1.54, 1.807) is 0 Å². The smallest absolute Gasteiger partial charge is 0.0380 e. The van der Waals surface area contributed by atoms with Gasteiger partial charge in [-0.25, -0.2) is 0 Å². The zero-order valence-electron chi connectivity index (χ0n) is 12.0. The molecule has 1 unspecified atom stereocenters. The van der Waals surface area contributed by atoms with Gasteiger partial charge < -0.3 is 10.6 Å². The molecule has 1 aliphatic rings. The quantitative estimate of drug-likeness (QED) is 0.878. The third-order valence-corrected chi connectivity index (χ3v) is 4.84. The average Bonchev–Trinajstić information content (AvgIpc) is 2.63. The zero-order valence-corrected chi connectivity index (χ0v) is 13.6. The van der Waals surface area contributed by atoms with Crippen LogP contribution in [0, 0.1) is 0 Å². The van der Waals surface area contributed by atoms with Crippen molar-refractivity contribution in [3.05, 3.63) is 28.2 Å². The largest absolute Gasteiger partial charge is 0.369 e. The summed E-state index contributed by atoms with van der Waals surface area (Å²) in [7, 11) is 0. The summed E-state index contributed by atoms with van der Waals surface area (Å²) >= 11 is 3.67. The molecule has 19 heavy (non-hydrogen) atoms. The van der Waals surface area contributed by atoms with Gasteiger partial charge in [0.25, 0.3) is 0 Å². The molecule has 1 heterocycles. The van der Waals surface area contributed by atoms with Crippen molar-refractivity contribution in [2.45, 2.75) is 58.0 Å². The fourth-order valence-corrected chi connectivity index (χ4v) is 3.73. The summed E-state index contributed by atoms with van der Waals surface area (Å²) in [6, 6.07) is 7.41. The maximum Gasteiger partial charge on any atom is 0.0380 e. The van der Waals surface area contributed by atoms with Crippen LogP contribution in [0.3, 0.4) is 0 Å². The van der Waals surface area contributed by atoms with Crippen molar-refractivity contribution in [1.82, 2.24) is 0 Å². The predicted octanol–water partition coefficient (Wildman–Crippen LogP) is 4.63. The van der Waals surface area contributed by atoms with Crippen molar-refractivity contribution in [2.24, 2.45) is 5.73 Å². The van der Waals surface area contributed by atoms with Gasteiger partial charge >= 0.3 is 0 Å². The SMILES string of the molecule is CCC1CCCCCN1c1ccc([C@H](C)N)c(Br)c1. The topological polar surface area (TPSA) is 29.3 Å². The fourth-order valence-electron chi connectivity index (χ4n) is 3.01. The Labute approximate surface area is 125 Å². The molecule has 1 aliphatic heterocycles. The molecule has 0 bridgehead atoms. The first-order valence-corrected chi connectivity index (χ1v) is 8.24. The highest BCUT2D eigenvalue weighted by Crippen LogP contribution is 2.31. The summed E-state index contributed by atoms with van der Waals surface area (Å²) in [5.74, 6) is 0. The molecule has 2 atom stereocenters. The molecule has 0 saturated carbocycles. The number of rotatable bonds is 3. The second-order valence-corrected chi connectivity index (χ2v) is 6.45. The lowest BCUT2D eigenvalue weighted by molar-refractivity contribution is 0.556. The summed E-state index contributed by atoms with van der Waals surface area (Å²) in [6.07, 6.45) is 6.60. The minimum Gasteiger partial charge on any atom is -0.369 e. The molecule has 0 radical (unpaired) electrons. The summed E-state index contributed by atoms with van der Waals surface area (Å²) in [5, 5.41) is 0. The van der Waals surface area contributed by atoms with Crippen molar-refractivity contribution in [2.75, 3.05) is 11.4 Å². The van der Waals surface area contributed by atoms with Gasteiger partial charge in [0.05, 0.1) is 0 Å². The average molecular weight is 325 g/mol. The Morgan fingerprint density at radius 3 is 2.79 bits per heavy atom. The highest BCUT2D eigenvalue weighted by atomic mass is 79.9. The van der Waals surface area contributed by atoms with Crippen LogP contribution in [0.25, 0.3) is 0 Å². The van der Waals surface area contributed by atoms with Crippen molar-refractivity contribution in [3.63, 3.8) is 0 Å². The summed E-state index contributed by atoms with van der Waals surface area (Å²) in [6.45, 7) is 5.51. The van der Waals surface area contributed by atoms with Gasteiger partial charge in [-0.3, -0.25) is 0 Å². The highest BCUT2D eigenvalue weighted by molar-refractivity contribution is 9.10. The Kier molecular flexibility index (Phi) is 5.28. The van der Waals surface area contributed by atoms with Crippen molar-refractivity contribution in [1.29, 1.82) is 0 Å². The maximum absolute atomic E-state index is 5.98. The molecule has 1 aromatic carbocycles. The maximum atomic E-state index is 5.98. The molecular weight excluding hydrogens is 300 g/mol. The van der Waals surface area contributed by atoms with E-state index in [1.165, 1.54) is 49.9 Å². The molecule has 1 saturated heterocycles. The van der Waals surface area contributed by atoms with E-state index in [-0.39, 0.29) is 6.04 Å². The summed E-state index contributed by atoms with van der Waals surface area (Å²) in [5.41, 5.74) is 8.50. The second kappa shape index (κ2) is 6.76. The molecule has 2 rings (SSSR count). The van der Waals surface area contributed by atoms with Gasteiger partial charge in [-0.2, -0.15) is 0 Å². The van der Waals surface area contributed by atoms with Crippen LogP contribution >= 0.6 is 15.9 Å². The minimum atomic E-state index is 0.0783. The number of benzene rings is 1. The number of hydrogen-bond acceptors (Lipinski definition) is 2. The fraction of sp³-hybridized carbons (Fsp3) is 0.625. The number of nitrogens with two attached hydrogens (primary N) is 1. The molecule has 0 spiro atoms. The molecule has 2 N–H and O–H groups in total. The van der Waals surface area contributed by atoms with Crippen LogP contribution in [0.4, 0.5) is 5.69 Å². The summed E-state index contributed by atoms with van der Waals surface area (Å²) < 4.78 is 1.14. The first-order valence-electron chi connectivity index (χ1n) is 7.45. The Morgan fingerprint density at radius 1 is 1.37 bits per heavy atom. The third-order valence-electron chi connectivity index (χ3n) is 4.15. The van der Waals surface area contributed by atoms with Crippen LogP contribution in [0.2, 0.25) is 0 Å². The van der Waals surface area contributed by atoms with Crippen LogP contribution in [0.1, 0.15) is 57.6 Å². The number of hydrogen-bond donors (Lipinski definition) is 1. The third kappa shape index (κ3) is 3.51. The van der Waals surface area contributed by atoms with Crippen molar-refractivity contribution < 1.29 is 0 Å². The number of nitrogens with zero attached hydrogens (tertiary/aromatic N) is 1. The lowest BCUT2D eigenvalue weighted by Crippen LogP contribution is -2.34. The standard InChI is InChI=1S/C16H25BrN2/c1-3-13-7-5-4-6-10-19(13)14-8-9-15(12(2)18)16(17)11-14/h8-9,11-13H,3-7,10,18H2,1-2H3/t12-,13?/m0/s1. The Balaban J connectivity index is 2.26. The van der Waals surface area contributed by atoms with Crippen LogP contribution in [-0.4, -0.2) is 12.6 Å². The van der Waals surface area contributed by atoms with E-state index in [2.05, 4.69) is 46.0 Å². The predicted molar refractivity (Wildman–Crippen MR) is 86.6 cm³/mol. The number of anilines is 1. The van der Waals surface area contributed by atoms with Crippen LogP contribution in [-0.2, 0) is 0 Å². The normalized spacial score (nSPS) is 22.1. The van der Waals surface area contributed by atoms with Crippen LogP contribution in [0.5, 0.6) is 0 Å². The Morgan fingerprint density at radius 2 is 2.16 bits per heavy atom. The molecule has 0 amide bonds. The van der Waals surface area contributed by atoms with E-state index < -0.39 is 0 Å². The molecule has 0 aromatic heterocycles. The van der Waals surface area contributed by atoms with Gasteiger partial charge in [0.15, 0.2) is 0 Å². The van der Waals surface area contributed by atoms with E-state index >= 15 is 0 Å². The van der Waals surface area contributed by atoms with Gasteiger partial charge in [0.1, 0.15) is 0 Å². The van der Waals surface area contributed by atoms with E-state index in [0.29, 0.717) is 6.04 Å². The number of halogens is 1. The molecule has 1 aromatic rings. The Hall–Kier alpha value is -0.540. The zero-order chi connectivity index (χ0) is 13.8. The summed E-state index contributed by atoms with van der Waals surface area (Å²) in [4.78, 5) is 2.59. The minimum absolute atomic E-state index is 0.0783. The Bertz CT molecular complexity index is 417. The van der Waals surface area contributed by atoms with Crippen LogP contribution in [0.15, 0.2) is 22.7 Å². The van der Waals surface area contributed by atoms with Gasteiger partial charge in [-0.15, -0.1) is 0 Å². The first-order chi connectivity index (χ1) is 9.13. The van der Waals surface area contributed by atoms with E-state index in [0.717, 1.165) is 4.47 Å². The van der Waals surface area contributed by atoms with Gasteiger partial charge in [0.2, 0.25) is 0 Å². The van der Waals surface area contributed by atoms with E-state index in [4.69, 9.17) is 5.73 Å². The van der Waals surface area contributed by atoms with Crippen molar-refractivity contribution >= 4 is 21.6 Å². The monoisotopic (exact) mass is 324 g/mol. The van der Waals surface area contributed by atoms with E-state index in [9.17, 15) is 0 Å². The molecule has 2 nitrogen and oxygen atoms in total. The van der Waals surface area contributed by atoms with Gasteiger partial charge in [-0.1, -0.05) is 41.8 Å². The molecule has 1 fully saturated rings. The highest BCUT2D eigenvalue weighted by Gasteiger charge is 2.20. The van der Waals surface area contributed by atoms with Crippen LogP contribution < -0.4 is 10.6 Å². The molecule has 106 valence electrons. The lowest BCUT2D eigenvalue weighted by Gasteiger charge is -2.32. The van der Waals surface area contributed by atoms with Gasteiger partial charge in [0, 0.05) is 28.8 Å². The molecule has 3 heteroatoms. The van der Waals surface area contributed by atoms with Gasteiger partial charge in [-0.05, 0) is 43.9 Å². The molecular formula is C16H25BrN2. The first kappa shape index (κ1) is 14.9. The van der Waals surface area contributed by atoms with Crippen molar-refractivity contribution in [3.8, 4) is 0 Å². The van der Waals surface area contributed by atoms with E-state index in [1.807, 2.05) is 6.92 Å². The molecule has 0 aliphatic carbocycles.